The van der Waals surface area contributed by atoms with Crippen LogP contribution in [-0.4, -0.2) is 51.8 Å². The fraction of sp³-hybridized carbons (Fsp3) is 0.462. The lowest BCUT2D eigenvalue weighted by atomic mass is 10.2. The molecule has 0 saturated heterocycles. The average Bonchev–Trinajstić information content (AvgIpc) is 2.36. The van der Waals surface area contributed by atoms with E-state index in [0.717, 1.165) is 0 Å². The van der Waals surface area contributed by atoms with Crippen LogP contribution in [0, 0.1) is 0 Å². The van der Waals surface area contributed by atoms with Crippen molar-refractivity contribution in [3.63, 3.8) is 0 Å². The molecule has 108 valence electrons. The van der Waals surface area contributed by atoms with E-state index >= 15 is 0 Å². The molecular weight excluding hydrogens is 252 g/mol. The lowest BCUT2D eigenvalue weighted by Gasteiger charge is -2.10. The van der Waals surface area contributed by atoms with Crippen molar-refractivity contribution < 1.29 is 30.0 Å². The summed E-state index contributed by atoms with van der Waals surface area (Å²) in [7, 11) is 0. The standard InChI is InChI=1S/C7H6O3.C6H14O3/c8-6-4-2-1-3-5(6)7(9)10;1-5(8)4-9-6(2)3-7/h1-4,8H,(H,9,10);5-8H,3-4H2,1-2H3. The van der Waals surface area contributed by atoms with Gasteiger partial charge in [-0.05, 0) is 26.0 Å². The predicted octanol–water partition coefficient (Wildman–Crippen LogP) is 0.855. The summed E-state index contributed by atoms with van der Waals surface area (Å²) in [5.74, 6) is -1.31. The molecule has 0 amide bonds. The minimum atomic E-state index is -1.11. The average molecular weight is 272 g/mol. The van der Waals surface area contributed by atoms with Gasteiger partial charge in [-0.25, -0.2) is 4.79 Å². The molecule has 2 unspecified atom stereocenters. The first kappa shape index (κ1) is 17.4. The molecule has 6 nitrogen and oxygen atoms in total. The number of hydrogen-bond acceptors (Lipinski definition) is 5. The van der Waals surface area contributed by atoms with Gasteiger partial charge in [-0.1, -0.05) is 12.1 Å². The number of phenols is 1. The molecule has 19 heavy (non-hydrogen) atoms. The minimum absolute atomic E-state index is 0.00667. The van der Waals surface area contributed by atoms with E-state index in [-0.39, 0.29) is 24.0 Å². The van der Waals surface area contributed by atoms with Crippen molar-refractivity contribution in [1.82, 2.24) is 0 Å². The molecule has 4 N–H and O–H groups in total. The van der Waals surface area contributed by atoms with Crippen LogP contribution in [0.1, 0.15) is 24.2 Å². The van der Waals surface area contributed by atoms with Gasteiger partial charge >= 0.3 is 5.97 Å². The van der Waals surface area contributed by atoms with Crippen molar-refractivity contribution in [2.75, 3.05) is 13.2 Å². The number of ether oxygens (including phenoxy) is 1. The largest absolute Gasteiger partial charge is 0.507 e. The molecule has 0 heterocycles. The van der Waals surface area contributed by atoms with Crippen LogP contribution in [0.4, 0.5) is 0 Å². The van der Waals surface area contributed by atoms with Gasteiger partial charge in [0.25, 0.3) is 0 Å². The molecule has 0 saturated carbocycles. The number of carboxylic acids is 1. The maximum absolute atomic E-state index is 10.3. The first-order chi connectivity index (χ1) is 8.88. The van der Waals surface area contributed by atoms with Gasteiger partial charge in [0.2, 0.25) is 0 Å². The Kier molecular flexibility index (Phi) is 8.52. The number of carbonyl (C=O) groups is 1. The summed E-state index contributed by atoms with van der Waals surface area (Å²) in [6.45, 7) is 3.70. The summed E-state index contributed by atoms with van der Waals surface area (Å²) in [5, 5.41) is 34.4. The molecule has 0 aromatic heterocycles. The SMILES string of the molecule is CC(O)COC(C)CO.O=C(O)c1ccccc1O. The van der Waals surface area contributed by atoms with Gasteiger partial charge in [-0.2, -0.15) is 0 Å². The Labute approximate surface area is 111 Å². The van der Waals surface area contributed by atoms with Gasteiger partial charge in [-0.15, -0.1) is 0 Å². The number of rotatable bonds is 5. The maximum atomic E-state index is 10.3. The van der Waals surface area contributed by atoms with E-state index in [0.29, 0.717) is 6.61 Å². The Morgan fingerprint density at radius 3 is 2.26 bits per heavy atom. The van der Waals surface area contributed by atoms with Crippen molar-refractivity contribution in [3.8, 4) is 5.75 Å². The third-order valence-corrected chi connectivity index (χ3v) is 2.01. The second-order valence-electron chi connectivity index (χ2n) is 4.00. The van der Waals surface area contributed by atoms with E-state index in [2.05, 4.69) is 0 Å². The number of aromatic carboxylic acids is 1. The van der Waals surface area contributed by atoms with E-state index in [9.17, 15) is 4.79 Å². The smallest absolute Gasteiger partial charge is 0.339 e. The number of hydrogen-bond donors (Lipinski definition) is 4. The van der Waals surface area contributed by atoms with Crippen LogP contribution in [0.25, 0.3) is 0 Å². The molecular formula is C13H20O6. The van der Waals surface area contributed by atoms with Crippen molar-refractivity contribution in [2.45, 2.75) is 26.1 Å². The number of carboxylic acid groups (broad SMARTS) is 1. The van der Waals surface area contributed by atoms with E-state index in [1.165, 1.54) is 12.1 Å². The fourth-order valence-corrected chi connectivity index (χ4v) is 1.01. The van der Waals surface area contributed by atoms with Gasteiger partial charge in [0.15, 0.2) is 0 Å². The Hall–Kier alpha value is -1.63. The summed E-state index contributed by atoms with van der Waals surface area (Å²) in [4.78, 5) is 10.3. The quantitative estimate of drug-likeness (QED) is 0.633. The number of aromatic hydroxyl groups is 1. The van der Waals surface area contributed by atoms with Crippen molar-refractivity contribution in [2.24, 2.45) is 0 Å². The predicted molar refractivity (Wildman–Crippen MR) is 69.2 cm³/mol. The highest BCUT2D eigenvalue weighted by atomic mass is 16.5. The van der Waals surface area contributed by atoms with E-state index in [1.807, 2.05) is 0 Å². The Bertz CT molecular complexity index is 377. The van der Waals surface area contributed by atoms with Crippen LogP contribution in [0.2, 0.25) is 0 Å². The van der Waals surface area contributed by atoms with Gasteiger partial charge in [0, 0.05) is 0 Å². The molecule has 0 aliphatic heterocycles. The van der Waals surface area contributed by atoms with E-state index in [1.54, 1.807) is 26.0 Å². The van der Waals surface area contributed by atoms with Crippen LogP contribution in [0.5, 0.6) is 5.75 Å². The van der Waals surface area contributed by atoms with Crippen LogP contribution in [-0.2, 0) is 4.74 Å². The zero-order chi connectivity index (χ0) is 14.8. The second-order valence-corrected chi connectivity index (χ2v) is 4.00. The highest BCUT2D eigenvalue weighted by Gasteiger charge is 2.05. The summed E-state index contributed by atoms with van der Waals surface area (Å²) >= 11 is 0. The van der Waals surface area contributed by atoms with Gasteiger partial charge in [0.1, 0.15) is 11.3 Å². The van der Waals surface area contributed by atoms with Crippen molar-refractivity contribution >= 4 is 5.97 Å². The molecule has 1 aromatic rings. The van der Waals surface area contributed by atoms with Gasteiger partial charge in [-0.3, -0.25) is 0 Å². The molecule has 0 radical (unpaired) electrons. The van der Waals surface area contributed by atoms with Gasteiger partial charge in [0.05, 0.1) is 25.4 Å². The Morgan fingerprint density at radius 1 is 1.32 bits per heavy atom. The molecule has 6 heteroatoms. The van der Waals surface area contributed by atoms with Crippen molar-refractivity contribution in [3.05, 3.63) is 29.8 Å². The zero-order valence-corrected chi connectivity index (χ0v) is 11.0. The summed E-state index contributed by atoms with van der Waals surface area (Å²) in [6.07, 6.45) is -0.612. The third kappa shape index (κ3) is 8.15. The summed E-state index contributed by atoms with van der Waals surface area (Å²) in [5.41, 5.74) is -0.0671. The van der Waals surface area contributed by atoms with Gasteiger partial charge < -0.3 is 25.2 Å². The zero-order valence-electron chi connectivity index (χ0n) is 11.0. The monoisotopic (exact) mass is 272 g/mol. The molecule has 0 spiro atoms. The third-order valence-electron chi connectivity index (χ3n) is 2.01. The lowest BCUT2D eigenvalue weighted by Crippen LogP contribution is -2.19. The molecule has 1 rings (SSSR count). The Morgan fingerprint density at radius 2 is 1.89 bits per heavy atom. The summed E-state index contributed by atoms with van der Waals surface area (Å²) < 4.78 is 4.95. The normalized spacial score (nSPS) is 13.1. The van der Waals surface area contributed by atoms with Crippen LogP contribution in [0.3, 0.4) is 0 Å². The van der Waals surface area contributed by atoms with Crippen molar-refractivity contribution in [1.29, 1.82) is 0 Å². The van der Waals surface area contributed by atoms with E-state index in [4.69, 9.17) is 25.2 Å². The molecule has 2 atom stereocenters. The number of aliphatic hydroxyl groups excluding tert-OH is 2. The minimum Gasteiger partial charge on any atom is -0.507 e. The highest BCUT2D eigenvalue weighted by Crippen LogP contribution is 2.14. The molecule has 0 fully saturated rings. The lowest BCUT2D eigenvalue weighted by molar-refractivity contribution is -0.0177. The fourth-order valence-electron chi connectivity index (χ4n) is 1.01. The van der Waals surface area contributed by atoms with Crippen LogP contribution >= 0.6 is 0 Å². The first-order valence-corrected chi connectivity index (χ1v) is 5.80. The van der Waals surface area contributed by atoms with Crippen LogP contribution < -0.4 is 0 Å². The number of aliphatic hydroxyl groups is 2. The molecule has 0 bridgehead atoms. The molecule has 1 aromatic carbocycles. The number of para-hydroxylation sites is 1. The molecule has 0 aliphatic rings. The number of benzene rings is 1. The highest BCUT2D eigenvalue weighted by molar-refractivity contribution is 5.90. The maximum Gasteiger partial charge on any atom is 0.339 e. The summed E-state index contributed by atoms with van der Waals surface area (Å²) in [6, 6.07) is 5.81. The first-order valence-electron chi connectivity index (χ1n) is 5.80. The molecule has 0 aliphatic carbocycles. The Balaban J connectivity index is 0.000000344. The topological polar surface area (TPSA) is 107 Å². The van der Waals surface area contributed by atoms with E-state index < -0.39 is 12.1 Å². The second kappa shape index (κ2) is 9.32. The van der Waals surface area contributed by atoms with Crippen LogP contribution in [0.15, 0.2) is 24.3 Å².